The van der Waals surface area contributed by atoms with E-state index in [9.17, 15) is 0 Å². The van der Waals surface area contributed by atoms with E-state index in [2.05, 4.69) is 32.4 Å². The summed E-state index contributed by atoms with van der Waals surface area (Å²) in [5.41, 5.74) is 7.16. The van der Waals surface area contributed by atoms with E-state index in [1.165, 1.54) is 9.75 Å². The van der Waals surface area contributed by atoms with Crippen molar-refractivity contribution in [1.82, 2.24) is 9.88 Å². The molecule has 2 aromatic rings. The third-order valence-electron chi connectivity index (χ3n) is 3.50. The molecule has 0 bridgehead atoms. The number of thiophene rings is 1. The van der Waals surface area contributed by atoms with Crippen molar-refractivity contribution in [2.75, 3.05) is 31.1 Å². The molecule has 1 aliphatic rings. The van der Waals surface area contributed by atoms with E-state index < -0.39 is 0 Å². The molecule has 0 spiro atoms. The van der Waals surface area contributed by atoms with Crippen LogP contribution in [0.15, 0.2) is 22.5 Å². The number of nitrogens with zero attached hydrogens (tertiary/aromatic N) is 3. The van der Waals surface area contributed by atoms with E-state index in [1.807, 2.05) is 18.7 Å². The van der Waals surface area contributed by atoms with Crippen molar-refractivity contribution in [2.45, 2.75) is 13.3 Å². The Hall–Kier alpha value is -1.05. The number of thioether (sulfide) groups is 1. The lowest BCUT2D eigenvalue weighted by atomic mass is 10.3. The molecule has 0 aromatic carbocycles. The van der Waals surface area contributed by atoms with Gasteiger partial charge in [-0.2, -0.15) is 11.8 Å². The molecule has 0 saturated carbocycles. The number of hydrogen-bond donors (Lipinski definition) is 1. The first kappa shape index (κ1) is 15.8. The maximum absolute atomic E-state index is 6.07. The van der Waals surface area contributed by atoms with Crippen LogP contribution in [0.2, 0.25) is 0 Å². The number of aryl methyl sites for hydroxylation is 1. The van der Waals surface area contributed by atoms with Gasteiger partial charge in [0.05, 0.1) is 15.6 Å². The zero-order valence-electron chi connectivity index (χ0n) is 12.6. The number of nitrogens with two attached hydrogens (primary N) is 1. The monoisotopic (exact) mass is 352 g/mol. The summed E-state index contributed by atoms with van der Waals surface area (Å²) in [5.74, 6) is 3.00. The highest BCUT2D eigenvalue weighted by Crippen LogP contribution is 2.29. The highest BCUT2D eigenvalue weighted by molar-refractivity contribution is 7.99. The Morgan fingerprint density at radius 3 is 2.91 bits per heavy atom. The van der Waals surface area contributed by atoms with Crippen molar-refractivity contribution >= 4 is 40.4 Å². The summed E-state index contributed by atoms with van der Waals surface area (Å²) < 4.78 is 0. The van der Waals surface area contributed by atoms with Crippen LogP contribution in [0.5, 0.6) is 0 Å². The number of rotatable bonds is 4. The molecule has 2 aromatic heterocycles. The molecule has 0 radical (unpaired) electrons. The molecule has 3 heterocycles. The van der Waals surface area contributed by atoms with Crippen molar-refractivity contribution in [3.63, 3.8) is 0 Å². The number of aromatic nitrogens is 1. The summed E-state index contributed by atoms with van der Waals surface area (Å²) in [6.07, 6.45) is 0.942. The Morgan fingerprint density at radius 2 is 2.18 bits per heavy atom. The van der Waals surface area contributed by atoms with Gasteiger partial charge in [-0.3, -0.25) is 4.99 Å². The number of aliphatic imine (C=N–C) groups is 1. The molecule has 1 aliphatic heterocycles. The predicted octanol–water partition coefficient (Wildman–Crippen LogP) is 3.09. The van der Waals surface area contributed by atoms with Crippen molar-refractivity contribution in [3.8, 4) is 10.6 Å². The molecule has 4 nitrogen and oxygen atoms in total. The zero-order chi connectivity index (χ0) is 15.4. The molecule has 2 N–H and O–H groups in total. The van der Waals surface area contributed by atoms with Gasteiger partial charge in [0.1, 0.15) is 0 Å². The second-order valence-electron chi connectivity index (χ2n) is 5.11. The lowest BCUT2D eigenvalue weighted by Crippen LogP contribution is -2.42. The zero-order valence-corrected chi connectivity index (χ0v) is 15.1. The molecule has 1 fully saturated rings. The van der Waals surface area contributed by atoms with Crippen LogP contribution in [0, 0.1) is 6.92 Å². The average molecular weight is 353 g/mol. The fraction of sp³-hybridized carbons (Fsp3) is 0.467. The molecular weight excluding hydrogens is 332 g/mol. The topological polar surface area (TPSA) is 54.5 Å². The fourth-order valence-electron chi connectivity index (χ4n) is 2.30. The van der Waals surface area contributed by atoms with Crippen LogP contribution < -0.4 is 5.73 Å². The second kappa shape index (κ2) is 7.48. The normalized spacial score (nSPS) is 16.2. The van der Waals surface area contributed by atoms with Gasteiger partial charge in [0.15, 0.2) is 5.96 Å². The molecular formula is C15H20N4S3. The van der Waals surface area contributed by atoms with Gasteiger partial charge >= 0.3 is 0 Å². The first-order valence-corrected chi connectivity index (χ1v) is 10.2. The second-order valence-corrected chi connectivity index (χ2v) is 8.56. The summed E-state index contributed by atoms with van der Waals surface area (Å²) >= 11 is 5.48. The van der Waals surface area contributed by atoms with Crippen LogP contribution >= 0.6 is 34.4 Å². The van der Waals surface area contributed by atoms with E-state index >= 15 is 0 Å². The summed E-state index contributed by atoms with van der Waals surface area (Å²) in [7, 11) is 0. The van der Waals surface area contributed by atoms with E-state index in [-0.39, 0.29) is 0 Å². The lowest BCUT2D eigenvalue weighted by Gasteiger charge is -2.27. The van der Waals surface area contributed by atoms with Crippen molar-refractivity contribution in [2.24, 2.45) is 10.7 Å². The van der Waals surface area contributed by atoms with Crippen LogP contribution in [0.3, 0.4) is 0 Å². The Bertz CT molecular complexity index is 641. The highest BCUT2D eigenvalue weighted by atomic mass is 32.2. The van der Waals surface area contributed by atoms with Gasteiger partial charge in [0.25, 0.3) is 0 Å². The van der Waals surface area contributed by atoms with E-state index in [4.69, 9.17) is 5.73 Å². The van der Waals surface area contributed by atoms with Gasteiger partial charge in [-0.25, -0.2) is 4.98 Å². The van der Waals surface area contributed by atoms with Crippen LogP contribution in [0.1, 0.15) is 9.88 Å². The first-order chi connectivity index (χ1) is 10.7. The van der Waals surface area contributed by atoms with Crippen molar-refractivity contribution in [1.29, 1.82) is 0 Å². The van der Waals surface area contributed by atoms with Gasteiger partial charge in [-0.05, 0) is 19.1 Å². The average Bonchev–Trinajstić information content (AvgIpc) is 3.17. The SMILES string of the molecule is Cc1nc(-c2ccc(CCN=C(N)N3CCSCC3)s2)cs1. The molecule has 3 rings (SSSR count). The maximum atomic E-state index is 6.07. The summed E-state index contributed by atoms with van der Waals surface area (Å²) in [4.78, 5) is 13.8. The Balaban J connectivity index is 1.54. The molecule has 0 aliphatic carbocycles. The molecule has 1 saturated heterocycles. The molecule has 7 heteroatoms. The third-order valence-corrected chi connectivity index (χ3v) is 6.38. The number of hydrogen-bond acceptors (Lipinski definition) is 5. The lowest BCUT2D eigenvalue weighted by molar-refractivity contribution is 0.456. The molecule has 118 valence electrons. The van der Waals surface area contributed by atoms with Gasteiger partial charge in [0.2, 0.25) is 0 Å². The Labute approximate surface area is 143 Å². The van der Waals surface area contributed by atoms with Crippen LogP contribution in [0.25, 0.3) is 10.6 Å². The largest absolute Gasteiger partial charge is 0.370 e. The number of thiazole rings is 1. The summed E-state index contributed by atoms with van der Waals surface area (Å²) in [6, 6.07) is 4.33. The highest BCUT2D eigenvalue weighted by Gasteiger charge is 2.12. The molecule has 22 heavy (non-hydrogen) atoms. The van der Waals surface area contributed by atoms with E-state index in [1.54, 1.807) is 22.7 Å². The van der Waals surface area contributed by atoms with Gasteiger partial charge in [0, 0.05) is 47.8 Å². The van der Waals surface area contributed by atoms with Crippen LogP contribution in [-0.2, 0) is 6.42 Å². The minimum absolute atomic E-state index is 0.701. The standard InChI is InChI=1S/C15H20N4S3/c1-11-18-13(10-21-11)14-3-2-12(22-14)4-5-17-15(16)19-6-8-20-9-7-19/h2-3,10H,4-9H2,1H3,(H2,16,17). The maximum Gasteiger partial charge on any atom is 0.191 e. The van der Waals surface area contributed by atoms with E-state index in [0.717, 1.165) is 48.3 Å². The summed E-state index contributed by atoms with van der Waals surface area (Å²) in [5, 5.41) is 3.23. The van der Waals surface area contributed by atoms with Gasteiger partial charge in [-0.15, -0.1) is 22.7 Å². The summed E-state index contributed by atoms with van der Waals surface area (Å²) in [6.45, 7) is 4.84. The minimum atomic E-state index is 0.701. The van der Waals surface area contributed by atoms with Crippen molar-refractivity contribution in [3.05, 3.63) is 27.4 Å². The first-order valence-electron chi connectivity index (χ1n) is 7.36. The third kappa shape index (κ3) is 4.02. The van der Waals surface area contributed by atoms with Crippen LogP contribution in [0.4, 0.5) is 0 Å². The fourth-order valence-corrected chi connectivity index (χ4v) is 4.85. The van der Waals surface area contributed by atoms with E-state index in [0.29, 0.717) is 5.96 Å². The quantitative estimate of drug-likeness (QED) is 0.679. The van der Waals surface area contributed by atoms with Gasteiger partial charge < -0.3 is 10.6 Å². The molecule has 0 unspecified atom stereocenters. The van der Waals surface area contributed by atoms with Crippen LogP contribution in [-0.4, -0.2) is 47.0 Å². The Morgan fingerprint density at radius 1 is 1.36 bits per heavy atom. The Kier molecular flexibility index (Phi) is 5.38. The number of guanidine groups is 1. The minimum Gasteiger partial charge on any atom is -0.370 e. The van der Waals surface area contributed by atoms with Gasteiger partial charge in [-0.1, -0.05) is 0 Å². The smallest absolute Gasteiger partial charge is 0.191 e. The van der Waals surface area contributed by atoms with Crippen molar-refractivity contribution < 1.29 is 0 Å². The predicted molar refractivity (Wildman–Crippen MR) is 99.3 cm³/mol. The molecule has 0 amide bonds. The molecule has 0 atom stereocenters.